The molecule has 34 heavy (non-hydrogen) atoms. The van der Waals surface area contributed by atoms with E-state index in [1.165, 1.54) is 65.5 Å². The first kappa shape index (κ1) is 32.9. The summed E-state index contributed by atoms with van der Waals surface area (Å²) in [5, 5.41) is 0. The highest BCUT2D eigenvalue weighted by Gasteiger charge is 2.22. The molecule has 0 bridgehead atoms. The lowest BCUT2D eigenvalue weighted by Crippen LogP contribution is -2.08. The van der Waals surface area contributed by atoms with Gasteiger partial charge in [-0.25, -0.2) is 0 Å². The number of hydrogen-bond donors (Lipinski definition) is 0. The van der Waals surface area contributed by atoms with Crippen LogP contribution in [0.25, 0.3) is 0 Å². The van der Waals surface area contributed by atoms with E-state index >= 15 is 0 Å². The molecule has 0 amide bonds. The first-order valence-electron chi connectivity index (χ1n) is 12.4. The minimum Gasteiger partial charge on any atom is -0.477 e. The molecule has 0 aromatic heterocycles. The number of aryl methyl sites for hydroxylation is 4. The summed E-state index contributed by atoms with van der Waals surface area (Å²) in [5.74, 6) is 2.59. The molecule has 2 nitrogen and oxygen atoms in total. The molecule has 0 saturated carbocycles. The molecule has 2 rings (SSSR count). The quantitative estimate of drug-likeness (QED) is 0.237. The Kier molecular flexibility index (Phi) is 16.8. The Bertz CT molecular complexity index is 781. The zero-order valence-electron chi connectivity index (χ0n) is 21.4. The van der Waals surface area contributed by atoms with Crippen molar-refractivity contribution in [2.24, 2.45) is 0 Å². The van der Waals surface area contributed by atoms with Gasteiger partial charge in [-0.1, -0.05) is 67.0 Å². The van der Waals surface area contributed by atoms with E-state index in [4.69, 9.17) is 9.05 Å². The molecule has 0 spiro atoms. The minimum absolute atomic E-state index is 0. The monoisotopic (exact) mass is 506 g/mol. The third kappa shape index (κ3) is 8.84. The molecular weight excluding hydrogens is 454 g/mol. The van der Waals surface area contributed by atoms with E-state index in [-0.39, 0.29) is 14.9 Å². The second kappa shape index (κ2) is 17.3. The Balaban J connectivity index is 0.00000544. The molecule has 2 unspecified atom stereocenters. The third-order valence-corrected chi connectivity index (χ3v) is 7.10. The highest BCUT2D eigenvalue weighted by molar-refractivity contribution is 7.31. The lowest BCUT2D eigenvalue weighted by Gasteiger charge is -2.25. The number of benzene rings is 2. The molecule has 4 heteroatoms. The molecule has 2 aromatic rings. The number of rotatable bonds is 14. The van der Waals surface area contributed by atoms with E-state index in [0.717, 1.165) is 30.8 Å². The first-order valence-corrected chi connectivity index (χ1v) is 15.3. The molecule has 0 heterocycles. The molecule has 0 saturated heterocycles. The van der Waals surface area contributed by atoms with Crippen LogP contribution in [0.5, 0.6) is 11.5 Å². The summed E-state index contributed by atoms with van der Waals surface area (Å²) in [7, 11) is 0.957. The fourth-order valence-corrected chi connectivity index (χ4v) is 5.36. The van der Waals surface area contributed by atoms with Gasteiger partial charge >= 0.3 is 0 Å². The van der Waals surface area contributed by atoms with Crippen molar-refractivity contribution in [1.29, 1.82) is 0 Å². The molecular formula is C30H52O2P2. The largest absolute Gasteiger partial charge is 0.477 e. The van der Waals surface area contributed by atoms with Crippen molar-refractivity contribution in [2.75, 3.05) is 13.3 Å². The molecule has 0 aliphatic heterocycles. The molecule has 0 aliphatic carbocycles. The van der Waals surface area contributed by atoms with Crippen molar-refractivity contribution in [3.8, 4) is 11.5 Å². The maximum atomic E-state index is 6.06. The molecule has 0 aliphatic rings. The Hall–Kier alpha value is -1.10. The Labute approximate surface area is 215 Å². The van der Waals surface area contributed by atoms with Crippen molar-refractivity contribution in [1.82, 2.24) is 0 Å². The molecule has 0 radical (unpaired) electrons. The van der Waals surface area contributed by atoms with Gasteiger partial charge in [-0.15, -0.1) is 0 Å². The number of hydrogen-bond acceptors (Lipinski definition) is 2. The summed E-state index contributed by atoms with van der Waals surface area (Å²) in [6, 6.07) is 9.51. The maximum absolute atomic E-state index is 6.06. The fraction of sp³-hybridized carbons (Fsp3) is 0.600. The highest BCUT2D eigenvalue weighted by atomic mass is 31.1. The van der Waals surface area contributed by atoms with E-state index in [2.05, 4.69) is 72.2 Å². The smallest absolute Gasteiger partial charge is 0.126 e. The molecule has 2 atom stereocenters. The lowest BCUT2D eigenvalue weighted by molar-refractivity contribution is 0.610. The van der Waals surface area contributed by atoms with E-state index in [1.54, 1.807) is 0 Å². The first-order chi connectivity index (χ1) is 15.5. The molecule has 194 valence electrons. The van der Waals surface area contributed by atoms with Crippen molar-refractivity contribution in [3.05, 3.63) is 57.6 Å². The van der Waals surface area contributed by atoms with E-state index in [1.807, 2.05) is 0 Å². The van der Waals surface area contributed by atoms with Gasteiger partial charge in [-0.2, -0.15) is 0 Å². The Morgan fingerprint density at radius 1 is 0.676 bits per heavy atom. The van der Waals surface area contributed by atoms with Crippen molar-refractivity contribution >= 4 is 17.6 Å². The predicted octanol–water partition coefficient (Wildman–Crippen LogP) is 10.4. The maximum Gasteiger partial charge on any atom is 0.126 e. The second-order valence-corrected chi connectivity index (χ2v) is 10.0. The van der Waals surface area contributed by atoms with Gasteiger partial charge in [0.15, 0.2) is 0 Å². The van der Waals surface area contributed by atoms with Gasteiger partial charge < -0.3 is 9.05 Å². The van der Waals surface area contributed by atoms with Gasteiger partial charge in [-0.05, 0) is 105 Å². The van der Waals surface area contributed by atoms with Crippen molar-refractivity contribution < 1.29 is 9.05 Å². The normalized spacial score (nSPS) is 12.1. The zero-order valence-corrected chi connectivity index (χ0v) is 23.4. The van der Waals surface area contributed by atoms with E-state index in [0.29, 0.717) is 23.5 Å². The van der Waals surface area contributed by atoms with Crippen LogP contribution in [0.1, 0.15) is 113 Å². The SMILES string of the molecule is C.C.CCCCc1cc(C(CCC)c2cc(CCCC)c(OPC)cc2C)c(C)cc1OPC. The van der Waals surface area contributed by atoms with Crippen molar-refractivity contribution in [2.45, 2.75) is 107 Å². The third-order valence-electron chi connectivity index (χ3n) is 6.25. The highest BCUT2D eigenvalue weighted by Crippen LogP contribution is 2.40. The minimum atomic E-state index is 0. The zero-order chi connectivity index (χ0) is 23.5. The summed E-state index contributed by atoms with van der Waals surface area (Å²) in [6.45, 7) is 15.6. The van der Waals surface area contributed by atoms with Crippen molar-refractivity contribution in [3.63, 3.8) is 0 Å². The average molecular weight is 507 g/mol. The van der Waals surface area contributed by atoms with Crippen LogP contribution in [0.15, 0.2) is 24.3 Å². The van der Waals surface area contributed by atoms with Crippen LogP contribution >= 0.6 is 17.6 Å². The van der Waals surface area contributed by atoms with Gasteiger partial charge in [-0.3, -0.25) is 0 Å². The van der Waals surface area contributed by atoms with Crippen LogP contribution in [-0.2, 0) is 12.8 Å². The van der Waals surface area contributed by atoms with Crippen LogP contribution < -0.4 is 9.05 Å². The second-order valence-electron chi connectivity index (χ2n) is 8.79. The molecule has 0 fully saturated rings. The number of unbranched alkanes of at least 4 members (excludes halogenated alkanes) is 2. The molecule has 2 aromatic carbocycles. The van der Waals surface area contributed by atoms with Gasteiger partial charge in [0.2, 0.25) is 0 Å². The van der Waals surface area contributed by atoms with E-state index in [9.17, 15) is 0 Å². The lowest BCUT2D eigenvalue weighted by atomic mass is 9.81. The summed E-state index contributed by atoms with van der Waals surface area (Å²) in [5.41, 5.74) is 8.39. The van der Waals surface area contributed by atoms with Crippen LogP contribution in [0.3, 0.4) is 0 Å². The van der Waals surface area contributed by atoms with Gasteiger partial charge in [0, 0.05) is 5.92 Å². The summed E-state index contributed by atoms with van der Waals surface area (Å²) in [4.78, 5) is 0. The fourth-order valence-electron chi connectivity index (χ4n) is 4.54. The van der Waals surface area contributed by atoms with Gasteiger partial charge in [0.1, 0.15) is 11.5 Å². The van der Waals surface area contributed by atoms with Crippen LogP contribution in [0.2, 0.25) is 0 Å². The Morgan fingerprint density at radius 2 is 1.09 bits per heavy atom. The topological polar surface area (TPSA) is 18.5 Å². The van der Waals surface area contributed by atoms with Crippen LogP contribution in [-0.4, -0.2) is 13.3 Å². The van der Waals surface area contributed by atoms with Crippen LogP contribution in [0, 0.1) is 13.8 Å². The summed E-state index contributed by atoms with van der Waals surface area (Å²) >= 11 is 0. The Morgan fingerprint density at radius 3 is 1.41 bits per heavy atom. The van der Waals surface area contributed by atoms with Crippen LogP contribution in [0.4, 0.5) is 0 Å². The van der Waals surface area contributed by atoms with E-state index < -0.39 is 0 Å². The predicted molar refractivity (Wildman–Crippen MR) is 160 cm³/mol. The van der Waals surface area contributed by atoms with Gasteiger partial charge in [0.25, 0.3) is 0 Å². The molecule has 0 N–H and O–H groups in total. The average Bonchev–Trinajstić information content (AvgIpc) is 2.77. The van der Waals surface area contributed by atoms with Gasteiger partial charge in [0.05, 0.1) is 17.6 Å². The summed E-state index contributed by atoms with van der Waals surface area (Å²) < 4.78 is 12.1. The standard InChI is InChI=1S/C28H44O2P2.2CH4/c1-8-11-14-22-18-25(20(4)16-27(22)29-31-6)24(13-10-3)26-19-23(15-12-9-2)28(30-32-7)17-21(26)5;;/h16-19,24,31-32H,8-15H2,1-7H3;2*1H4. The summed E-state index contributed by atoms with van der Waals surface area (Å²) in [6.07, 6.45) is 9.32.